The van der Waals surface area contributed by atoms with Crippen LogP contribution >= 0.6 is 0 Å². The number of carbonyl (C=O) groups is 1. The summed E-state index contributed by atoms with van der Waals surface area (Å²) in [7, 11) is 0. The van der Waals surface area contributed by atoms with Crippen molar-refractivity contribution in [3.63, 3.8) is 0 Å². The maximum Gasteiger partial charge on any atom is 0.292 e. The lowest BCUT2D eigenvalue weighted by Crippen LogP contribution is -2.32. The van der Waals surface area contributed by atoms with Gasteiger partial charge in [-0.15, -0.1) is 0 Å². The van der Waals surface area contributed by atoms with Gasteiger partial charge in [0.15, 0.2) is 0 Å². The minimum Gasteiger partial charge on any atom is -0.393 e. The molecule has 1 spiro atoms. The lowest BCUT2D eigenvalue weighted by Gasteiger charge is -2.22. The van der Waals surface area contributed by atoms with Crippen LogP contribution in [0.2, 0.25) is 0 Å². The smallest absolute Gasteiger partial charge is 0.292 e. The molecule has 21 heavy (non-hydrogen) atoms. The molecule has 0 aliphatic carbocycles. The Balaban J connectivity index is 1.80. The van der Waals surface area contributed by atoms with Gasteiger partial charge in [0.1, 0.15) is 5.69 Å². The molecule has 1 aromatic carbocycles. The van der Waals surface area contributed by atoms with E-state index in [1.165, 1.54) is 12.1 Å². The Morgan fingerprint density at radius 3 is 2.90 bits per heavy atom. The zero-order valence-corrected chi connectivity index (χ0v) is 11.6. The summed E-state index contributed by atoms with van der Waals surface area (Å²) < 4.78 is 5.44. The van der Waals surface area contributed by atoms with Crippen molar-refractivity contribution in [1.29, 1.82) is 0 Å². The molecule has 1 aromatic rings. The number of rotatable bonds is 2. The van der Waals surface area contributed by atoms with Crippen LogP contribution < -0.4 is 5.73 Å². The van der Waals surface area contributed by atoms with Crippen molar-refractivity contribution in [3.8, 4) is 0 Å². The molecule has 2 aliphatic heterocycles. The molecular formula is C14H17N3O4. The second kappa shape index (κ2) is 5.00. The molecule has 7 nitrogen and oxygen atoms in total. The van der Waals surface area contributed by atoms with Crippen LogP contribution in [-0.2, 0) is 4.74 Å². The summed E-state index contributed by atoms with van der Waals surface area (Å²) in [5.74, 6) is -0.179. The maximum atomic E-state index is 12.5. The second-order valence-corrected chi connectivity index (χ2v) is 5.81. The molecule has 2 fully saturated rings. The first-order chi connectivity index (χ1) is 10.0. The Morgan fingerprint density at radius 2 is 2.24 bits per heavy atom. The van der Waals surface area contributed by atoms with E-state index < -0.39 is 4.92 Å². The molecule has 0 aromatic heterocycles. The van der Waals surface area contributed by atoms with Crippen LogP contribution in [0.1, 0.15) is 23.2 Å². The molecule has 2 aliphatic rings. The Morgan fingerprint density at radius 1 is 1.43 bits per heavy atom. The molecule has 2 heterocycles. The molecule has 0 bridgehead atoms. The van der Waals surface area contributed by atoms with Crippen molar-refractivity contribution in [3.05, 3.63) is 33.9 Å². The summed E-state index contributed by atoms with van der Waals surface area (Å²) in [6.45, 7) is 2.76. The Kier molecular flexibility index (Phi) is 3.29. The third-order valence-corrected chi connectivity index (χ3v) is 4.38. The predicted molar refractivity (Wildman–Crippen MR) is 75.9 cm³/mol. The van der Waals surface area contributed by atoms with Gasteiger partial charge in [0.25, 0.3) is 11.6 Å². The van der Waals surface area contributed by atoms with Gasteiger partial charge >= 0.3 is 0 Å². The van der Waals surface area contributed by atoms with Crippen molar-refractivity contribution in [2.24, 2.45) is 5.41 Å². The van der Waals surface area contributed by atoms with Crippen molar-refractivity contribution >= 4 is 17.3 Å². The lowest BCUT2D eigenvalue weighted by atomic mass is 9.87. The normalized spacial score (nSPS) is 24.7. The third kappa shape index (κ3) is 2.44. The molecule has 7 heteroatoms. The van der Waals surface area contributed by atoms with E-state index in [1.54, 1.807) is 11.0 Å². The van der Waals surface area contributed by atoms with Crippen molar-refractivity contribution in [2.75, 3.05) is 32.0 Å². The molecule has 1 unspecified atom stereocenters. The van der Waals surface area contributed by atoms with Crippen molar-refractivity contribution < 1.29 is 14.5 Å². The number of ether oxygens (including phenoxy) is 1. The highest BCUT2D eigenvalue weighted by molar-refractivity contribution is 5.95. The molecule has 0 radical (unpaired) electrons. The van der Waals surface area contributed by atoms with Crippen LogP contribution in [0, 0.1) is 15.5 Å². The van der Waals surface area contributed by atoms with Crippen LogP contribution in [0.15, 0.2) is 18.2 Å². The summed E-state index contributed by atoms with van der Waals surface area (Å²) >= 11 is 0. The minimum absolute atomic E-state index is 0.0682. The van der Waals surface area contributed by atoms with Gasteiger partial charge in [-0.05, 0) is 25.0 Å². The number of anilines is 1. The number of nitrogens with zero attached hydrogens (tertiary/aromatic N) is 2. The average Bonchev–Trinajstić information content (AvgIpc) is 3.09. The zero-order chi connectivity index (χ0) is 15.0. The Hall–Kier alpha value is -2.15. The minimum atomic E-state index is -0.567. The molecule has 3 rings (SSSR count). The summed E-state index contributed by atoms with van der Waals surface area (Å²) in [5.41, 5.74) is 5.79. The van der Waals surface area contributed by atoms with Crippen molar-refractivity contribution in [1.82, 2.24) is 4.90 Å². The van der Waals surface area contributed by atoms with Gasteiger partial charge in [0.2, 0.25) is 0 Å². The number of amides is 1. The van der Waals surface area contributed by atoms with E-state index >= 15 is 0 Å². The number of carbonyl (C=O) groups excluding carboxylic acids is 1. The molecule has 1 amide bonds. The number of nitrogens with two attached hydrogens (primary N) is 1. The first-order valence-corrected chi connectivity index (χ1v) is 6.92. The summed E-state index contributed by atoms with van der Waals surface area (Å²) in [4.78, 5) is 24.6. The molecule has 112 valence electrons. The van der Waals surface area contributed by atoms with E-state index in [1.807, 2.05) is 0 Å². The van der Waals surface area contributed by atoms with Crippen molar-refractivity contribution in [2.45, 2.75) is 12.8 Å². The SMILES string of the molecule is Nc1ccc(C(=O)N2CCC3(CCOC3)C2)cc1[N+](=O)[O-]. The molecule has 2 saturated heterocycles. The number of hydrogen-bond acceptors (Lipinski definition) is 5. The standard InChI is InChI=1S/C14H17N3O4/c15-11-2-1-10(7-12(11)17(19)20)13(18)16-5-3-14(8-16)4-6-21-9-14/h1-2,7H,3-6,8-9,15H2. The Labute approximate surface area is 121 Å². The van der Waals surface area contributed by atoms with Crippen LogP contribution in [0.5, 0.6) is 0 Å². The zero-order valence-electron chi connectivity index (χ0n) is 11.6. The van der Waals surface area contributed by atoms with Gasteiger partial charge in [-0.1, -0.05) is 0 Å². The van der Waals surface area contributed by atoms with Crippen LogP contribution in [0.25, 0.3) is 0 Å². The number of nitro groups is 1. The van der Waals surface area contributed by atoms with Gasteiger partial charge in [0, 0.05) is 36.7 Å². The second-order valence-electron chi connectivity index (χ2n) is 5.81. The van der Waals surface area contributed by atoms with E-state index in [0.29, 0.717) is 25.3 Å². The summed E-state index contributed by atoms with van der Waals surface area (Å²) in [6, 6.07) is 4.21. The first kappa shape index (κ1) is 13.8. The molecule has 2 N–H and O–H groups in total. The average molecular weight is 291 g/mol. The quantitative estimate of drug-likeness (QED) is 0.505. The van der Waals surface area contributed by atoms with E-state index in [2.05, 4.69) is 0 Å². The summed E-state index contributed by atoms with van der Waals surface area (Å²) in [6.07, 6.45) is 1.90. The van der Waals surface area contributed by atoms with E-state index in [-0.39, 0.29) is 22.7 Å². The molecule has 0 saturated carbocycles. The number of nitrogen functional groups attached to an aromatic ring is 1. The topological polar surface area (TPSA) is 98.7 Å². The van der Waals surface area contributed by atoms with Crippen LogP contribution in [-0.4, -0.2) is 42.0 Å². The van der Waals surface area contributed by atoms with Crippen LogP contribution in [0.4, 0.5) is 11.4 Å². The largest absolute Gasteiger partial charge is 0.393 e. The van der Waals surface area contributed by atoms with Gasteiger partial charge in [-0.2, -0.15) is 0 Å². The number of hydrogen-bond donors (Lipinski definition) is 1. The Bertz CT molecular complexity index is 596. The molecule has 1 atom stereocenters. The monoisotopic (exact) mass is 291 g/mol. The van der Waals surface area contributed by atoms with Gasteiger partial charge in [0.05, 0.1) is 11.5 Å². The highest BCUT2D eigenvalue weighted by Gasteiger charge is 2.43. The highest BCUT2D eigenvalue weighted by atomic mass is 16.6. The summed E-state index contributed by atoms with van der Waals surface area (Å²) in [5, 5.41) is 10.9. The fraction of sp³-hybridized carbons (Fsp3) is 0.500. The van der Waals surface area contributed by atoms with Gasteiger partial charge in [-0.3, -0.25) is 14.9 Å². The lowest BCUT2D eigenvalue weighted by molar-refractivity contribution is -0.383. The van der Waals surface area contributed by atoms with Gasteiger partial charge < -0.3 is 15.4 Å². The number of benzene rings is 1. The van der Waals surface area contributed by atoms with E-state index in [0.717, 1.165) is 19.4 Å². The van der Waals surface area contributed by atoms with Crippen LogP contribution in [0.3, 0.4) is 0 Å². The van der Waals surface area contributed by atoms with E-state index in [4.69, 9.17) is 10.5 Å². The first-order valence-electron chi connectivity index (χ1n) is 6.92. The third-order valence-electron chi connectivity index (χ3n) is 4.38. The highest BCUT2D eigenvalue weighted by Crippen LogP contribution is 2.38. The predicted octanol–water partition coefficient (Wildman–Crippen LogP) is 1.43. The fourth-order valence-corrected chi connectivity index (χ4v) is 3.10. The maximum absolute atomic E-state index is 12.5. The number of likely N-dealkylation sites (tertiary alicyclic amines) is 1. The van der Waals surface area contributed by atoms with Gasteiger partial charge in [-0.25, -0.2) is 0 Å². The fourth-order valence-electron chi connectivity index (χ4n) is 3.10. The molecular weight excluding hydrogens is 274 g/mol. The van der Waals surface area contributed by atoms with E-state index in [9.17, 15) is 14.9 Å². The number of nitro benzene ring substituents is 1.